The van der Waals surface area contributed by atoms with E-state index in [1.807, 2.05) is 26.0 Å². The molecule has 1 aromatic rings. The number of carbonyl (C=O) groups is 3. The summed E-state index contributed by atoms with van der Waals surface area (Å²) in [6.45, 7) is 6.98. The minimum atomic E-state index is -0.647. The van der Waals surface area contributed by atoms with Gasteiger partial charge in [0.2, 0.25) is 5.91 Å². The number of hydrogen-bond acceptors (Lipinski definition) is 5. The summed E-state index contributed by atoms with van der Waals surface area (Å²) in [4.78, 5) is 43.0. The maximum atomic E-state index is 13.4. The summed E-state index contributed by atoms with van der Waals surface area (Å²) in [5.74, 6) is 0.332. The Morgan fingerprint density at radius 2 is 1.65 bits per heavy atom. The molecule has 1 aromatic carbocycles. The molecule has 4 fully saturated rings. The van der Waals surface area contributed by atoms with Gasteiger partial charge in [-0.25, -0.2) is 0 Å². The average Bonchev–Trinajstić information content (AvgIpc) is 3.50. The predicted molar refractivity (Wildman–Crippen MR) is 156 cm³/mol. The predicted octanol–water partition coefficient (Wildman–Crippen LogP) is 3.60. The van der Waals surface area contributed by atoms with E-state index in [9.17, 15) is 14.4 Å². The molecule has 0 aromatic heterocycles. The first-order valence-corrected chi connectivity index (χ1v) is 13.0. The second-order valence-electron chi connectivity index (χ2n) is 10.9. The van der Waals surface area contributed by atoms with Gasteiger partial charge in [0.1, 0.15) is 18.7 Å². The van der Waals surface area contributed by atoms with Crippen molar-refractivity contribution in [3.8, 4) is 0 Å². The summed E-state index contributed by atoms with van der Waals surface area (Å²) in [6.07, 6.45) is 6.07. The number of nitrogens with one attached hydrogen (secondary N) is 1. The summed E-state index contributed by atoms with van der Waals surface area (Å²) in [7, 11) is 0. The third-order valence-corrected chi connectivity index (χ3v) is 7.94. The molecule has 3 heterocycles. The van der Waals surface area contributed by atoms with Gasteiger partial charge < -0.3 is 19.9 Å². The largest absolute Gasteiger partial charge is 0.368 e. The first kappa shape index (κ1) is 31.7. The number of Topliss-reactive ketones (excluding diaryl/α,β-unsaturated/α-hetero) is 1. The van der Waals surface area contributed by atoms with Crippen molar-refractivity contribution in [2.45, 2.75) is 89.9 Å². The van der Waals surface area contributed by atoms with Crippen molar-refractivity contribution in [1.82, 2.24) is 15.1 Å². The molecule has 37 heavy (non-hydrogen) atoms. The van der Waals surface area contributed by atoms with E-state index in [4.69, 9.17) is 4.74 Å². The highest BCUT2D eigenvalue weighted by molar-refractivity contribution is 7.59. The van der Waals surface area contributed by atoms with E-state index in [-0.39, 0.29) is 70.6 Å². The van der Waals surface area contributed by atoms with Crippen LogP contribution in [0.25, 0.3) is 0 Å². The van der Waals surface area contributed by atoms with Crippen LogP contribution in [-0.2, 0) is 14.3 Å². The molecule has 3 aliphatic heterocycles. The molecular formula is C28H45N3O4S2. The van der Waals surface area contributed by atoms with Gasteiger partial charge in [-0.2, -0.15) is 27.0 Å². The zero-order chi connectivity index (χ0) is 23.8. The number of fused-ring (bicyclic) bond motifs is 1. The Hall–Kier alpha value is -1.55. The summed E-state index contributed by atoms with van der Waals surface area (Å²) < 4.78 is 5.53. The highest BCUT2D eigenvalue weighted by atomic mass is 32.1. The van der Waals surface area contributed by atoms with E-state index in [0.717, 1.165) is 6.04 Å². The second-order valence-corrected chi connectivity index (χ2v) is 10.9. The van der Waals surface area contributed by atoms with Gasteiger partial charge in [0.25, 0.3) is 5.91 Å². The normalized spacial score (nSPS) is 24.5. The van der Waals surface area contributed by atoms with Crippen molar-refractivity contribution in [3.05, 3.63) is 35.4 Å². The van der Waals surface area contributed by atoms with Gasteiger partial charge in [0.15, 0.2) is 5.78 Å². The molecule has 7 nitrogen and oxygen atoms in total. The molecule has 2 amide bonds. The van der Waals surface area contributed by atoms with Crippen LogP contribution < -0.4 is 5.32 Å². The number of ether oxygens (including phenoxy) is 1. The number of nitrogens with zero attached hydrogens (tertiary/aromatic N) is 2. The van der Waals surface area contributed by atoms with Crippen molar-refractivity contribution in [3.63, 3.8) is 0 Å². The lowest BCUT2D eigenvalue weighted by Crippen LogP contribution is -2.52. The molecule has 0 unspecified atom stereocenters. The average molecular weight is 552 g/mol. The van der Waals surface area contributed by atoms with E-state index >= 15 is 0 Å². The molecule has 5 rings (SSSR count). The fraction of sp³-hybridized carbons (Fsp3) is 0.679. The fourth-order valence-corrected chi connectivity index (χ4v) is 5.92. The zero-order valence-electron chi connectivity index (χ0n) is 21.4. The van der Waals surface area contributed by atoms with Crippen molar-refractivity contribution in [2.75, 3.05) is 26.2 Å². The Morgan fingerprint density at radius 3 is 2.24 bits per heavy atom. The van der Waals surface area contributed by atoms with E-state index in [2.05, 4.69) is 22.3 Å². The van der Waals surface area contributed by atoms with Crippen LogP contribution in [0, 0.1) is 5.92 Å². The van der Waals surface area contributed by atoms with Crippen LogP contribution >= 0.6 is 27.0 Å². The van der Waals surface area contributed by atoms with Crippen molar-refractivity contribution in [2.24, 2.45) is 5.92 Å². The van der Waals surface area contributed by atoms with Crippen LogP contribution in [0.5, 0.6) is 0 Å². The van der Waals surface area contributed by atoms with Gasteiger partial charge in [0, 0.05) is 18.2 Å². The number of piperidine rings is 1. The zero-order valence-corrected chi connectivity index (χ0v) is 23.4. The minimum absolute atomic E-state index is 0. The van der Waals surface area contributed by atoms with Crippen LogP contribution in [0.4, 0.5) is 0 Å². The molecule has 0 bridgehead atoms. The third kappa shape index (κ3) is 7.11. The van der Waals surface area contributed by atoms with Gasteiger partial charge in [0.05, 0.1) is 6.10 Å². The second kappa shape index (κ2) is 13.5. The maximum Gasteiger partial charge on any atom is 0.251 e. The maximum absolute atomic E-state index is 13.4. The Bertz CT molecular complexity index is 930. The number of ketones is 1. The number of likely N-dealkylation sites (tertiary alicyclic amines) is 2. The van der Waals surface area contributed by atoms with Gasteiger partial charge in [-0.1, -0.05) is 33.4 Å². The van der Waals surface area contributed by atoms with E-state index in [1.54, 1.807) is 4.90 Å². The Labute approximate surface area is 235 Å². The smallest absolute Gasteiger partial charge is 0.251 e. The van der Waals surface area contributed by atoms with Crippen LogP contribution in [-0.4, -0.2) is 77.9 Å². The van der Waals surface area contributed by atoms with E-state index < -0.39 is 12.1 Å². The summed E-state index contributed by atoms with van der Waals surface area (Å²) in [5, 5.41) is 2.97. The lowest BCUT2D eigenvalue weighted by molar-refractivity contribution is -0.138. The third-order valence-electron chi connectivity index (χ3n) is 7.94. The summed E-state index contributed by atoms with van der Waals surface area (Å²) >= 11 is 0. The van der Waals surface area contributed by atoms with Crippen LogP contribution in [0.3, 0.4) is 0 Å². The number of carbonyl (C=O) groups excluding carboxylic acids is 3. The Balaban J connectivity index is 0.00000160. The van der Waals surface area contributed by atoms with Gasteiger partial charge >= 0.3 is 0 Å². The monoisotopic (exact) mass is 551 g/mol. The quantitative estimate of drug-likeness (QED) is 0.560. The van der Waals surface area contributed by atoms with Gasteiger partial charge in [-0.05, 0) is 81.1 Å². The number of hydrogen-bond donors (Lipinski definition) is 1. The summed E-state index contributed by atoms with van der Waals surface area (Å²) in [6, 6.07) is 7.61. The molecule has 208 valence electrons. The molecule has 4 aliphatic rings. The van der Waals surface area contributed by atoms with E-state index in [0.29, 0.717) is 30.9 Å². The molecule has 9 heteroatoms. The first-order valence-electron chi connectivity index (χ1n) is 13.0. The molecule has 1 saturated carbocycles. The van der Waals surface area contributed by atoms with E-state index in [1.165, 1.54) is 44.3 Å². The molecule has 1 N–H and O–H groups in total. The van der Waals surface area contributed by atoms with Crippen molar-refractivity contribution in [1.29, 1.82) is 0 Å². The molecule has 3 saturated heterocycles. The lowest BCUT2D eigenvalue weighted by Gasteiger charge is -2.32. The number of benzene rings is 1. The molecule has 1 aliphatic carbocycles. The molecule has 0 spiro atoms. The fourth-order valence-electron chi connectivity index (χ4n) is 5.92. The van der Waals surface area contributed by atoms with Crippen molar-refractivity contribution >= 4 is 44.6 Å². The van der Waals surface area contributed by atoms with Crippen LogP contribution in [0.15, 0.2) is 24.3 Å². The molecular weight excluding hydrogens is 506 g/mol. The topological polar surface area (TPSA) is 79.0 Å². The van der Waals surface area contributed by atoms with Gasteiger partial charge in [-0.3, -0.25) is 14.4 Å². The Kier molecular flexibility index (Phi) is 11.5. The highest BCUT2D eigenvalue weighted by Crippen LogP contribution is 2.34. The first-order chi connectivity index (χ1) is 16.4. The molecule has 0 radical (unpaired) electrons. The van der Waals surface area contributed by atoms with Crippen LogP contribution in [0.1, 0.15) is 81.6 Å². The van der Waals surface area contributed by atoms with Crippen LogP contribution in [0.2, 0.25) is 0 Å². The number of amides is 2. The standard InChI is InChI=1S/C27H37N3O4.CH4.2H2S/c1-17(2)15-22(27(33)30-14-11-24-25(30)23(31)16-34-24)28-26(32)20-5-3-18(4-6-20)19-9-12-29(13-10-19)21-7-8-21;;;/h3-6,17,19,21-22,24-25H,7-16H2,1-2H3,(H,28,32);1H4;2*1H2/t22-,24+,25+;;;/m0.../s1. The number of rotatable bonds is 7. The highest BCUT2D eigenvalue weighted by Gasteiger charge is 2.48. The SMILES string of the molecule is C.CC(C)C[C@H](NC(=O)c1ccc(C2CCN(C3CC3)CC2)cc1)C(=O)N1CC[C@H]2OCC(=O)[C@H]21.S.S. The minimum Gasteiger partial charge on any atom is -0.368 e. The van der Waals surface area contributed by atoms with Gasteiger partial charge in [-0.15, -0.1) is 0 Å². The lowest BCUT2D eigenvalue weighted by atomic mass is 9.89. The van der Waals surface area contributed by atoms with Crippen molar-refractivity contribution < 1.29 is 19.1 Å². The Morgan fingerprint density at radius 1 is 1.00 bits per heavy atom. The molecule has 3 atom stereocenters. The summed E-state index contributed by atoms with van der Waals surface area (Å²) in [5.41, 5.74) is 1.87.